The summed E-state index contributed by atoms with van der Waals surface area (Å²) >= 11 is 0. The molecular weight excluding hydrogens is 1540 g/mol. The first-order chi connectivity index (χ1) is 55.8. The van der Waals surface area contributed by atoms with Crippen molar-refractivity contribution in [3.8, 4) is 0 Å². The van der Waals surface area contributed by atoms with Crippen LogP contribution in [-0.2, 0) is 134 Å². The molecular formula is C79H142N8O30. The molecule has 4 unspecified atom stereocenters. The predicted octanol–water partition coefficient (Wildman–Crippen LogP) is 2.52. The van der Waals surface area contributed by atoms with Gasteiger partial charge in [0.1, 0.15) is 35.2 Å². The van der Waals surface area contributed by atoms with Crippen LogP contribution in [0.4, 0.5) is 0 Å². The predicted molar refractivity (Wildman–Crippen MR) is 429 cm³/mol. The summed E-state index contributed by atoms with van der Waals surface area (Å²) in [7, 11) is 1.48. The van der Waals surface area contributed by atoms with Crippen molar-refractivity contribution >= 4 is 93.9 Å². The number of Topliss-reactive ketones (excluding diaryl/α,β-unsaturated/α-hetero) is 6. The van der Waals surface area contributed by atoms with Gasteiger partial charge < -0.3 is 114 Å². The van der Waals surface area contributed by atoms with Crippen LogP contribution in [0.5, 0.6) is 0 Å². The number of ether oxygens (including phenoxy) is 12. The van der Waals surface area contributed by atoms with Crippen LogP contribution < -0.4 is 42.5 Å². The third kappa shape index (κ3) is 84.5. The Bertz CT molecular complexity index is 2750. The SMILES string of the molecule is CC(=O)CCC(NC(C)=O)C(=O)CCCOCCOCCOCCOCCOCCOCCOCCOCCOCCOCCOCCOCCC(=O)NC(C)C.CCC(=O)CCC(NC(C)=O)C(=O)CCC(=O)NC(C)C.CCC(=O)NC(CCC(=O)CCC(=O)NC)C(=O)O.CCNC(=O)CCC(=O)CCC(NC(=O)CC)C(=O)O. The first kappa shape index (κ1) is 116. The standard InChI is InChI=1S/C39H74N2O16.C15H26N2O4.C13H22N2O5.C12H20N2O5/c1-34(2)40-39(45)9-11-47-13-15-49-17-19-51-21-23-53-25-27-55-29-31-57-33-32-56-30-28-54-26-24-52-22-20-50-18-16-48-14-12-46-10-5-6-38(44)37(41-36(4)43)8-7-35(3)42;1-5-12(19)6-7-13(17-11(4)18)14(20)8-9-15(21)16-10(2)3;1-3-11(17)15-10(13(19)20)7-5-9(16)6-8-12(18)14-4-2;1-3-10(16)14-9(12(18)19)6-4-8(15)5-7-11(17)13-2/h34,37H,5-33H2,1-4H3,(H,40,45)(H,41,43);10,13H,5-9H2,1-4H3,(H,16,21)(H,17,18);10H,3-8H2,1-2H3,(H,14,18)(H,15,17)(H,19,20);9H,3-7H2,1-2H3,(H,13,17)(H,14,16)(H,18,19). The van der Waals surface area contributed by atoms with Gasteiger partial charge in [-0.05, 0) is 73.6 Å². The minimum Gasteiger partial charge on any atom is -0.480 e. The average molecular weight is 1680 g/mol. The maximum atomic E-state index is 12.3. The van der Waals surface area contributed by atoms with Crippen molar-refractivity contribution in [2.45, 2.75) is 241 Å². The molecule has 0 fully saturated rings. The number of carboxylic acids is 2. The van der Waals surface area contributed by atoms with Gasteiger partial charge in [0.05, 0.1) is 164 Å². The summed E-state index contributed by atoms with van der Waals surface area (Å²) in [6.07, 6.45) is 3.69. The van der Waals surface area contributed by atoms with Gasteiger partial charge in [0.15, 0.2) is 11.6 Å². The van der Waals surface area contributed by atoms with Gasteiger partial charge in [0, 0.05) is 142 Å². The number of carbonyl (C=O) groups is 16. The lowest BCUT2D eigenvalue weighted by molar-refractivity contribution is -0.142. The monoisotopic (exact) mass is 1680 g/mol. The molecule has 0 radical (unpaired) electrons. The molecule has 0 aromatic heterocycles. The van der Waals surface area contributed by atoms with E-state index in [1.165, 1.54) is 27.8 Å². The summed E-state index contributed by atoms with van der Waals surface area (Å²) in [6.45, 7) is 29.9. The van der Waals surface area contributed by atoms with Gasteiger partial charge in [-0.15, -0.1) is 0 Å². The molecule has 10 N–H and O–H groups in total. The number of nitrogens with one attached hydrogen (secondary N) is 8. The first-order valence-corrected chi connectivity index (χ1v) is 40.5. The number of hydrogen-bond acceptors (Lipinski definition) is 28. The summed E-state index contributed by atoms with van der Waals surface area (Å²) < 4.78 is 65.6. The van der Waals surface area contributed by atoms with E-state index in [2.05, 4.69) is 42.5 Å². The van der Waals surface area contributed by atoms with E-state index in [-0.39, 0.29) is 197 Å². The molecule has 38 nitrogen and oxygen atoms in total. The highest BCUT2D eigenvalue weighted by Gasteiger charge is 2.25. The fraction of sp³-hybridized carbons (Fsp3) is 0.797. The Balaban J connectivity index is -0.000000859. The van der Waals surface area contributed by atoms with Crippen molar-refractivity contribution in [3.63, 3.8) is 0 Å². The largest absolute Gasteiger partial charge is 0.480 e. The summed E-state index contributed by atoms with van der Waals surface area (Å²) in [5.41, 5.74) is 0. The van der Waals surface area contributed by atoms with E-state index in [1.807, 2.05) is 27.7 Å². The van der Waals surface area contributed by atoms with Gasteiger partial charge in [-0.25, -0.2) is 9.59 Å². The molecule has 0 aromatic rings. The molecule has 8 amide bonds. The number of rotatable bonds is 75. The van der Waals surface area contributed by atoms with E-state index >= 15 is 0 Å². The number of amides is 8. The van der Waals surface area contributed by atoms with Crippen LogP contribution in [-0.4, -0.2) is 313 Å². The number of carbonyl (C=O) groups excluding carboxylic acids is 14. The Hall–Kier alpha value is -7.76. The van der Waals surface area contributed by atoms with Crippen LogP contribution in [0.1, 0.15) is 205 Å². The number of carboxylic acid groups (broad SMARTS) is 2. The molecule has 0 spiro atoms. The van der Waals surface area contributed by atoms with Crippen molar-refractivity contribution < 1.29 is 144 Å². The third-order valence-electron chi connectivity index (χ3n) is 15.4. The smallest absolute Gasteiger partial charge is 0.326 e. The summed E-state index contributed by atoms with van der Waals surface area (Å²) in [5, 5.41) is 38.1. The van der Waals surface area contributed by atoms with Gasteiger partial charge in [-0.1, -0.05) is 20.8 Å². The number of aliphatic carboxylic acids is 2. The molecule has 0 saturated carbocycles. The molecule has 0 aliphatic rings. The van der Waals surface area contributed by atoms with Crippen LogP contribution in [0.25, 0.3) is 0 Å². The summed E-state index contributed by atoms with van der Waals surface area (Å²) in [4.78, 5) is 182. The van der Waals surface area contributed by atoms with Crippen LogP contribution in [0.15, 0.2) is 0 Å². The molecule has 0 bridgehead atoms. The lowest BCUT2D eigenvalue weighted by Crippen LogP contribution is -2.40. The quantitative estimate of drug-likeness (QED) is 0.0391. The molecule has 0 aliphatic carbocycles. The minimum atomic E-state index is -1.17. The zero-order chi connectivity index (χ0) is 88.7. The Kier molecular flexibility index (Phi) is 80.9. The van der Waals surface area contributed by atoms with Gasteiger partial charge in [-0.3, -0.25) is 62.3 Å². The van der Waals surface area contributed by atoms with Gasteiger partial charge >= 0.3 is 11.9 Å². The second-order valence-corrected chi connectivity index (χ2v) is 26.7. The zero-order valence-corrected chi connectivity index (χ0v) is 71.6. The Morgan fingerprint density at radius 3 is 0.863 bits per heavy atom. The van der Waals surface area contributed by atoms with Gasteiger partial charge in [0.2, 0.25) is 47.3 Å². The summed E-state index contributed by atoms with van der Waals surface area (Å²) in [5.74, 6) is -4.96. The van der Waals surface area contributed by atoms with E-state index < -0.39 is 36.1 Å². The van der Waals surface area contributed by atoms with Crippen molar-refractivity contribution in [2.24, 2.45) is 0 Å². The van der Waals surface area contributed by atoms with Crippen LogP contribution in [0.2, 0.25) is 0 Å². The zero-order valence-electron chi connectivity index (χ0n) is 71.6. The van der Waals surface area contributed by atoms with E-state index in [1.54, 1.807) is 27.7 Å². The Labute approximate surface area is 690 Å². The Morgan fingerprint density at radius 2 is 0.564 bits per heavy atom. The van der Waals surface area contributed by atoms with E-state index in [0.29, 0.717) is 191 Å². The second-order valence-electron chi connectivity index (χ2n) is 26.7. The number of hydrogen-bond donors (Lipinski definition) is 10. The highest BCUT2D eigenvalue weighted by molar-refractivity contribution is 5.92. The maximum absolute atomic E-state index is 12.3. The second kappa shape index (κ2) is 82.0. The van der Waals surface area contributed by atoms with Crippen molar-refractivity contribution in [3.05, 3.63) is 0 Å². The highest BCUT2D eigenvalue weighted by Crippen LogP contribution is 2.10. The van der Waals surface area contributed by atoms with Crippen molar-refractivity contribution in [1.29, 1.82) is 0 Å². The first-order valence-electron chi connectivity index (χ1n) is 40.5. The molecule has 4 atom stereocenters. The van der Waals surface area contributed by atoms with E-state index in [0.717, 1.165) is 0 Å². The Morgan fingerprint density at radius 1 is 0.274 bits per heavy atom. The maximum Gasteiger partial charge on any atom is 0.326 e. The lowest BCUT2D eigenvalue weighted by atomic mass is 10.0. The minimum absolute atomic E-state index is 0.0110. The van der Waals surface area contributed by atoms with E-state index in [9.17, 15) is 76.7 Å². The van der Waals surface area contributed by atoms with Crippen LogP contribution in [0, 0.1) is 0 Å². The molecule has 0 heterocycles. The molecule has 678 valence electrons. The topological polar surface area (TPSA) is 521 Å². The van der Waals surface area contributed by atoms with Gasteiger partial charge in [-0.2, -0.15) is 0 Å². The van der Waals surface area contributed by atoms with Gasteiger partial charge in [0.25, 0.3) is 0 Å². The third-order valence-corrected chi connectivity index (χ3v) is 15.4. The molecule has 117 heavy (non-hydrogen) atoms. The van der Waals surface area contributed by atoms with Crippen LogP contribution >= 0.6 is 0 Å². The molecule has 0 saturated heterocycles. The fourth-order valence-electron chi connectivity index (χ4n) is 9.24. The molecule has 38 heteroatoms. The fourth-order valence-corrected chi connectivity index (χ4v) is 9.24. The number of ketones is 6. The van der Waals surface area contributed by atoms with Crippen molar-refractivity contribution in [1.82, 2.24) is 42.5 Å². The summed E-state index contributed by atoms with van der Waals surface area (Å²) in [6, 6.07) is -3.27. The van der Waals surface area contributed by atoms with Crippen molar-refractivity contribution in [2.75, 3.05) is 172 Å². The van der Waals surface area contributed by atoms with E-state index in [4.69, 9.17) is 67.1 Å². The molecule has 0 aliphatic heterocycles. The molecule has 0 rings (SSSR count). The normalized spacial score (nSPS) is 11.8. The highest BCUT2D eigenvalue weighted by atomic mass is 16.6. The molecule has 0 aromatic carbocycles. The lowest BCUT2D eigenvalue weighted by Gasteiger charge is -2.16. The van der Waals surface area contributed by atoms with Crippen LogP contribution in [0.3, 0.4) is 0 Å². The average Bonchev–Trinajstić information content (AvgIpc) is 0.934.